The van der Waals surface area contributed by atoms with Gasteiger partial charge in [-0.2, -0.15) is 6.07 Å². The quantitative estimate of drug-likeness (QED) is 0.361. The van der Waals surface area contributed by atoms with Crippen LogP contribution in [0, 0.1) is 13.8 Å². The molecule has 0 N–H and O–H groups in total. The van der Waals surface area contributed by atoms with Crippen molar-refractivity contribution < 1.29 is 50.7 Å². The fourth-order valence-corrected chi connectivity index (χ4v) is 1.57. The molecule has 2 rings (SSSR count). The fourth-order valence-electron chi connectivity index (χ4n) is 1.57. The van der Waals surface area contributed by atoms with E-state index in [4.69, 9.17) is 0 Å². The second-order valence-electron chi connectivity index (χ2n) is 3.49. The fraction of sp³-hybridized carbons (Fsp3) is 0.154. The van der Waals surface area contributed by atoms with Gasteiger partial charge in [0.1, 0.15) is 0 Å². The molecule has 0 radical (unpaired) electrons. The molecule has 0 fully saturated rings. The van der Waals surface area contributed by atoms with Gasteiger partial charge in [-0.1, -0.05) is 30.2 Å². The van der Waals surface area contributed by atoms with E-state index in [1.165, 1.54) is 22.3 Å². The van der Waals surface area contributed by atoms with E-state index in [2.05, 4.69) is 56.3 Å². The molecule has 0 aliphatic carbocycles. The van der Waals surface area contributed by atoms with E-state index in [0.717, 1.165) is 0 Å². The number of hydrogen-bond acceptors (Lipinski definition) is 0. The van der Waals surface area contributed by atoms with Crippen LogP contribution in [-0.2, 0) is 25.8 Å². The molecule has 0 saturated carbocycles. The van der Waals surface area contributed by atoms with Gasteiger partial charge in [0.05, 0.1) is 0 Å². The molecule has 86 valence electrons. The first-order valence-corrected chi connectivity index (χ1v) is 4.57. The summed E-state index contributed by atoms with van der Waals surface area (Å²) in [5, 5.41) is 0. The molecule has 0 amide bonds. The zero-order valence-electron chi connectivity index (χ0n) is 9.30. The van der Waals surface area contributed by atoms with Gasteiger partial charge < -0.3 is 24.8 Å². The summed E-state index contributed by atoms with van der Waals surface area (Å²) in [4.78, 5) is 0. The average molecular weight is 419 g/mol. The predicted molar refractivity (Wildman–Crippen MR) is 56.9 cm³/mol. The number of rotatable bonds is 1. The Bertz CT molecular complexity index is 404. The largest absolute Gasteiger partial charge is 1.00 e. The van der Waals surface area contributed by atoms with Crippen molar-refractivity contribution in [2.24, 2.45) is 0 Å². The summed E-state index contributed by atoms with van der Waals surface area (Å²) in [5.74, 6) is 0. The summed E-state index contributed by atoms with van der Waals surface area (Å²) in [5.41, 5.74) is 5.32. The summed E-state index contributed by atoms with van der Waals surface area (Å²) in [6.07, 6.45) is 0. The van der Waals surface area contributed by atoms with Gasteiger partial charge in [-0.3, -0.25) is 0 Å². The number of halogens is 2. The normalized spacial score (nSPS) is 8.38. The van der Waals surface area contributed by atoms with Crippen molar-refractivity contribution in [1.29, 1.82) is 0 Å². The third-order valence-corrected chi connectivity index (χ3v) is 2.40. The molecule has 0 nitrogen and oxygen atoms in total. The maximum Gasteiger partial charge on any atom is 0 e. The van der Waals surface area contributed by atoms with Crippen LogP contribution in [0.25, 0.3) is 11.1 Å². The molecule has 0 bridgehead atoms. The van der Waals surface area contributed by atoms with Gasteiger partial charge >= 0.3 is 0 Å². The number of hydrogen-bond donors (Lipinski definition) is 0. The monoisotopic (exact) mass is 419 g/mol. The van der Waals surface area contributed by atoms with Crippen LogP contribution in [0.2, 0.25) is 0 Å². The van der Waals surface area contributed by atoms with Crippen LogP contribution < -0.4 is 24.8 Å². The van der Waals surface area contributed by atoms with E-state index in [1.807, 2.05) is 0 Å². The van der Waals surface area contributed by atoms with Crippen LogP contribution in [-0.4, -0.2) is 0 Å². The smallest absolute Gasteiger partial charge is 0 e. The van der Waals surface area contributed by atoms with E-state index >= 15 is 0 Å². The van der Waals surface area contributed by atoms with Gasteiger partial charge in [0.2, 0.25) is 0 Å². The molecule has 2 aromatic rings. The van der Waals surface area contributed by atoms with Crippen molar-refractivity contribution >= 4 is 0 Å². The maximum absolute atomic E-state index is 2.18. The topological polar surface area (TPSA) is 0 Å². The maximum atomic E-state index is 2.18. The molecule has 2 aromatic carbocycles. The molecule has 0 aliphatic heterocycles. The second-order valence-corrected chi connectivity index (χ2v) is 3.49. The molecular weight excluding hydrogens is 406 g/mol. The van der Waals surface area contributed by atoms with Crippen LogP contribution in [0.5, 0.6) is 0 Å². The molecule has 0 saturated heterocycles. The van der Waals surface area contributed by atoms with E-state index in [1.54, 1.807) is 0 Å². The van der Waals surface area contributed by atoms with Crippen LogP contribution in [0.1, 0.15) is 11.1 Å². The van der Waals surface area contributed by atoms with Crippen molar-refractivity contribution in [3.05, 3.63) is 53.6 Å². The molecule has 3 heteroatoms. The second kappa shape index (κ2) is 8.16. The Morgan fingerprint density at radius 3 is 1.88 bits per heavy atom. The Morgan fingerprint density at radius 2 is 1.44 bits per heavy atom. The Labute approximate surface area is 128 Å². The number of benzene rings is 1. The van der Waals surface area contributed by atoms with E-state index in [9.17, 15) is 0 Å². The SMILES string of the molecule is Cc1ccc(-[c-]2cccc2C)cc1.[Cl-].[Cl-].[Hf]. The first kappa shape index (κ1) is 18.4. The third kappa shape index (κ3) is 4.12. The molecule has 0 unspecified atom stereocenters. The summed E-state index contributed by atoms with van der Waals surface area (Å²) in [6, 6.07) is 15.1. The molecule has 16 heavy (non-hydrogen) atoms. The predicted octanol–water partition coefficient (Wildman–Crippen LogP) is -2.31. The molecule has 0 atom stereocenters. The van der Waals surface area contributed by atoms with Crippen molar-refractivity contribution in [1.82, 2.24) is 0 Å². The van der Waals surface area contributed by atoms with Gasteiger partial charge in [0, 0.05) is 25.8 Å². The summed E-state index contributed by atoms with van der Waals surface area (Å²) >= 11 is 0. The van der Waals surface area contributed by atoms with Gasteiger partial charge in [-0.25, -0.2) is 0 Å². The molecule has 0 spiro atoms. The minimum absolute atomic E-state index is 0. The Morgan fingerprint density at radius 1 is 0.875 bits per heavy atom. The average Bonchev–Trinajstić information content (AvgIpc) is 2.53. The minimum atomic E-state index is 0. The van der Waals surface area contributed by atoms with Crippen molar-refractivity contribution in [2.75, 3.05) is 0 Å². The van der Waals surface area contributed by atoms with Crippen molar-refractivity contribution in [3.8, 4) is 11.1 Å². The zero-order valence-corrected chi connectivity index (χ0v) is 14.4. The van der Waals surface area contributed by atoms with Crippen LogP contribution in [0.4, 0.5) is 0 Å². The summed E-state index contributed by atoms with van der Waals surface area (Å²) in [7, 11) is 0. The van der Waals surface area contributed by atoms with E-state index in [0.29, 0.717) is 0 Å². The van der Waals surface area contributed by atoms with Crippen LogP contribution in [0.15, 0.2) is 42.5 Å². The summed E-state index contributed by atoms with van der Waals surface area (Å²) < 4.78 is 0. The first-order chi connectivity index (χ1) is 6.27. The third-order valence-electron chi connectivity index (χ3n) is 2.40. The molecular formula is C13H13Cl2Hf-3. The van der Waals surface area contributed by atoms with Crippen LogP contribution >= 0.6 is 0 Å². The van der Waals surface area contributed by atoms with Crippen molar-refractivity contribution in [2.45, 2.75) is 13.8 Å². The Balaban J connectivity index is 0. The summed E-state index contributed by atoms with van der Waals surface area (Å²) in [6.45, 7) is 4.26. The van der Waals surface area contributed by atoms with Crippen LogP contribution in [0.3, 0.4) is 0 Å². The van der Waals surface area contributed by atoms with Gasteiger partial charge in [0.25, 0.3) is 0 Å². The first-order valence-electron chi connectivity index (χ1n) is 4.57. The van der Waals surface area contributed by atoms with E-state index in [-0.39, 0.29) is 50.7 Å². The van der Waals surface area contributed by atoms with Gasteiger partial charge in [-0.15, -0.1) is 35.4 Å². The van der Waals surface area contributed by atoms with Crippen molar-refractivity contribution in [3.63, 3.8) is 0 Å². The zero-order chi connectivity index (χ0) is 9.26. The number of aryl methyl sites for hydroxylation is 2. The Hall–Kier alpha value is 0.0201. The standard InChI is InChI=1S/C13H13.2ClH.Hf/c1-10-6-8-12(9-7-10)13-5-3-4-11(13)2;;;/h3-9H,1-2H3;2*1H;/q-1;;;/p-2. The van der Waals surface area contributed by atoms with E-state index < -0.39 is 0 Å². The molecule has 0 aliphatic rings. The minimum Gasteiger partial charge on any atom is -1.00 e. The molecule has 0 aromatic heterocycles. The van der Waals surface area contributed by atoms with Gasteiger partial charge in [-0.05, 0) is 6.92 Å². The molecule has 0 heterocycles. The Kier molecular flexibility index (Phi) is 9.38. The van der Waals surface area contributed by atoms with Gasteiger partial charge in [0.15, 0.2) is 0 Å².